The number of hydrogen-bond donors (Lipinski definition) is 2. The molecule has 3 amide bonds. The van der Waals surface area contributed by atoms with Gasteiger partial charge in [-0.05, 0) is 49.6 Å². The van der Waals surface area contributed by atoms with Crippen molar-refractivity contribution >= 4 is 34.9 Å². The summed E-state index contributed by atoms with van der Waals surface area (Å²) in [4.78, 5) is 36.6. The number of anilines is 1. The van der Waals surface area contributed by atoms with Crippen molar-refractivity contribution in [2.75, 3.05) is 18.7 Å². The second-order valence-electron chi connectivity index (χ2n) is 6.74. The summed E-state index contributed by atoms with van der Waals surface area (Å²) in [7, 11) is 0. The largest absolute Gasteiger partial charge is 0.454 e. The van der Waals surface area contributed by atoms with Gasteiger partial charge in [0.1, 0.15) is 5.00 Å². The predicted octanol–water partition coefficient (Wildman–Crippen LogP) is 3.39. The molecule has 1 aromatic carbocycles. The molecule has 0 saturated heterocycles. The van der Waals surface area contributed by atoms with Crippen LogP contribution < -0.4 is 20.1 Å². The molecule has 9 nitrogen and oxygen atoms in total. The van der Waals surface area contributed by atoms with Crippen molar-refractivity contribution in [2.45, 2.75) is 13.8 Å². The van der Waals surface area contributed by atoms with Crippen LogP contribution in [0.25, 0.3) is 5.00 Å². The number of urea groups is 1. The zero-order chi connectivity index (χ0) is 22.0. The molecule has 1 aliphatic heterocycles. The van der Waals surface area contributed by atoms with E-state index < -0.39 is 24.5 Å². The molecule has 0 fully saturated rings. The van der Waals surface area contributed by atoms with Gasteiger partial charge in [-0.3, -0.25) is 10.1 Å². The van der Waals surface area contributed by atoms with Crippen LogP contribution in [0.3, 0.4) is 0 Å². The summed E-state index contributed by atoms with van der Waals surface area (Å²) >= 11 is 1.40. The number of hydrogen-bond acceptors (Lipinski definition) is 7. The Morgan fingerprint density at radius 3 is 2.58 bits per heavy atom. The monoisotopic (exact) mass is 441 g/mol. The lowest BCUT2D eigenvalue weighted by Gasteiger charge is -2.10. The molecule has 0 atom stereocenters. The van der Waals surface area contributed by atoms with Gasteiger partial charge in [0, 0.05) is 23.1 Å². The number of thiophene rings is 1. The van der Waals surface area contributed by atoms with Crippen molar-refractivity contribution in [1.29, 1.82) is 0 Å². The Balaban J connectivity index is 1.32. The quantitative estimate of drug-likeness (QED) is 0.588. The van der Waals surface area contributed by atoms with Crippen molar-refractivity contribution in [2.24, 2.45) is 0 Å². The smallest absolute Gasteiger partial charge is 0.341 e. The van der Waals surface area contributed by atoms with Crippen molar-refractivity contribution in [1.82, 2.24) is 9.88 Å². The molecule has 0 saturated carbocycles. The SMILES string of the molecule is Cc1ccc(C)n1-c1sccc1C(=O)OCC(=O)NC(=O)Nc1ccc2c(c1)OCO2. The molecule has 0 aliphatic carbocycles. The first kappa shape index (κ1) is 20.5. The third kappa shape index (κ3) is 4.38. The molecule has 31 heavy (non-hydrogen) atoms. The molecule has 3 heterocycles. The number of carbonyl (C=O) groups is 3. The fourth-order valence-electron chi connectivity index (χ4n) is 3.13. The van der Waals surface area contributed by atoms with Gasteiger partial charge in [0.25, 0.3) is 5.91 Å². The topological polar surface area (TPSA) is 108 Å². The Kier molecular flexibility index (Phi) is 5.63. The van der Waals surface area contributed by atoms with E-state index in [4.69, 9.17) is 14.2 Å². The summed E-state index contributed by atoms with van der Waals surface area (Å²) in [6, 6.07) is 9.64. The van der Waals surface area contributed by atoms with E-state index in [9.17, 15) is 14.4 Å². The Hall–Kier alpha value is -3.79. The van der Waals surface area contributed by atoms with E-state index >= 15 is 0 Å². The summed E-state index contributed by atoms with van der Waals surface area (Å²) < 4.78 is 17.5. The molecule has 0 radical (unpaired) electrons. The van der Waals surface area contributed by atoms with E-state index in [-0.39, 0.29) is 6.79 Å². The Morgan fingerprint density at radius 1 is 1.06 bits per heavy atom. The summed E-state index contributed by atoms with van der Waals surface area (Å²) in [5.74, 6) is -0.323. The van der Waals surface area contributed by atoms with E-state index in [0.717, 1.165) is 11.4 Å². The highest BCUT2D eigenvalue weighted by Crippen LogP contribution is 2.34. The first-order chi connectivity index (χ1) is 14.9. The highest BCUT2D eigenvalue weighted by atomic mass is 32.1. The third-order valence-electron chi connectivity index (χ3n) is 4.56. The molecule has 1 aliphatic rings. The summed E-state index contributed by atoms with van der Waals surface area (Å²) in [6.45, 7) is 3.40. The standard InChI is InChI=1S/C21H19N3O6S/c1-12-3-4-13(2)24(12)19-15(7-8-31-19)20(26)28-10-18(25)23-21(27)22-14-5-6-16-17(9-14)30-11-29-16/h3-9H,10-11H2,1-2H3,(H2,22,23,25,27). The average Bonchev–Trinajstić information content (AvgIpc) is 3.45. The van der Waals surface area contributed by atoms with Crippen LogP contribution in [0, 0.1) is 13.8 Å². The van der Waals surface area contributed by atoms with Crippen molar-refractivity contribution in [3.8, 4) is 16.5 Å². The first-order valence-corrected chi connectivity index (χ1v) is 10.2. The maximum Gasteiger partial charge on any atom is 0.341 e. The Labute approximate surface area is 181 Å². The van der Waals surface area contributed by atoms with E-state index in [2.05, 4.69) is 10.6 Å². The van der Waals surface area contributed by atoms with Crippen molar-refractivity contribution in [3.05, 3.63) is 58.7 Å². The van der Waals surface area contributed by atoms with Gasteiger partial charge in [-0.25, -0.2) is 9.59 Å². The molecular formula is C21H19N3O6S. The predicted molar refractivity (Wildman–Crippen MR) is 113 cm³/mol. The molecule has 3 aromatic rings. The van der Waals surface area contributed by atoms with Crippen molar-refractivity contribution < 1.29 is 28.6 Å². The normalized spacial score (nSPS) is 11.8. The number of amides is 3. The number of nitrogens with zero attached hydrogens (tertiary/aromatic N) is 1. The number of carbonyl (C=O) groups excluding carboxylic acids is 3. The maximum atomic E-state index is 12.5. The minimum Gasteiger partial charge on any atom is -0.454 e. The number of nitrogens with one attached hydrogen (secondary N) is 2. The van der Waals surface area contributed by atoms with Crippen LogP contribution in [0.4, 0.5) is 10.5 Å². The number of ether oxygens (including phenoxy) is 3. The van der Waals surface area contributed by atoms with Crippen LogP contribution in [-0.4, -0.2) is 35.9 Å². The number of aromatic nitrogens is 1. The molecule has 2 N–H and O–H groups in total. The number of esters is 1. The lowest BCUT2D eigenvalue weighted by atomic mass is 10.3. The average molecular weight is 441 g/mol. The van der Waals surface area contributed by atoms with E-state index in [1.807, 2.05) is 30.5 Å². The zero-order valence-corrected chi connectivity index (χ0v) is 17.6. The van der Waals surface area contributed by atoms with Gasteiger partial charge in [-0.1, -0.05) is 0 Å². The zero-order valence-electron chi connectivity index (χ0n) is 16.8. The Bertz CT molecular complexity index is 1150. The van der Waals surface area contributed by atoms with Gasteiger partial charge < -0.3 is 24.1 Å². The van der Waals surface area contributed by atoms with Gasteiger partial charge in [-0.2, -0.15) is 0 Å². The molecule has 10 heteroatoms. The number of fused-ring (bicyclic) bond motifs is 1. The molecule has 0 bridgehead atoms. The Morgan fingerprint density at radius 2 is 1.81 bits per heavy atom. The molecule has 4 rings (SSSR count). The molecule has 160 valence electrons. The fraction of sp³-hybridized carbons (Fsp3) is 0.190. The highest BCUT2D eigenvalue weighted by molar-refractivity contribution is 7.13. The van der Waals surface area contributed by atoms with Gasteiger partial charge in [0.15, 0.2) is 18.1 Å². The first-order valence-electron chi connectivity index (χ1n) is 9.33. The lowest BCUT2D eigenvalue weighted by molar-refractivity contribution is -0.123. The fourth-order valence-corrected chi connectivity index (χ4v) is 4.13. The summed E-state index contributed by atoms with van der Waals surface area (Å²) in [6.07, 6.45) is 0. The van der Waals surface area contributed by atoms with E-state index in [0.29, 0.717) is 27.8 Å². The van der Waals surface area contributed by atoms with Crippen LogP contribution in [-0.2, 0) is 9.53 Å². The number of benzene rings is 1. The van der Waals surface area contributed by atoms with Crippen LogP contribution in [0.2, 0.25) is 0 Å². The summed E-state index contributed by atoms with van der Waals surface area (Å²) in [5.41, 5.74) is 2.73. The molecule has 0 spiro atoms. The van der Waals surface area contributed by atoms with Crippen molar-refractivity contribution in [3.63, 3.8) is 0 Å². The number of aryl methyl sites for hydroxylation is 2. The molecular weight excluding hydrogens is 422 g/mol. The third-order valence-corrected chi connectivity index (χ3v) is 5.45. The van der Waals surface area contributed by atoms with Crippen LogP contribution in [0.15, 0.2) is 41.8 Å². The molecule has 0 unspecified atom stereocenters. The minimum atomic E-state index is -0.755. The highest BCUT2D eigenvalue weighted by Gasteiger charge is 2.20. The minimum absolute atomic E-state index is 0.115. The van der Waals surface area contributed by atoms with Gasteiger partial charge in [0.2, 0.25) is 6.79 Å². The van der Waals surface area contributed by atoms with Gasteiger partial charge in [-0.15, -0.1) is 11.3 Å². The number of imide groups is 1. The van der Waals surface area contributed by atoms with Gasteiger partial charge >= 0.3 is 12.0 Å². The van der Waals surface area contributed by atoms with Crippen LogP contribution >= 0.6 is 11.3 Å². The van der Waals surface area contributed by atoms with Crippen LogP contribution in [0.5, 0.6) is 11.5 Å². The lowest BCUT2D eigenvalue weighted by Crippen LogP contribution is -2.37. The number of rotatable bonds is 5. The van der Waals surface area contributed by atoms with Crippen LogP contribution in [0.1, 0.15) is 21.7 Å². The maximum absolute atomic E-state index is 12.5. The van der Waals surface area contributed by atoms with E-state index in [1.165, 1.54) is 11.3 Å². The summed E-state index contributed by atoms with van der Waals surface area (Å²) in [5, 5.41) is 7.12. The van der Waals surface area contributed by atoms with Gasteiger partial charge in [0.05, 0.1) is 5.56 Å². The second kappa shape index (κ2) is 8.52. The molecule has 2 aromatic heterocycles. The second-order valence-corrected chi connectivity index (χ2v) is 7.63. The van der Waals surface area contributed by atoms with E-state index in [1.54, 1.807) is 29.6 Å².